The van der Waals surface area contributed by atoms with Crippen LogP contribution in [0.3, 0.4) is 0 Å². The summed E-state index contributed by atoms with van der Waals surface area (Å²) >= 11 is 0. The first-order valence-corrected chi connectivity index (χ1v) is 7.67. The summed E-state index contributed by atoms with van der Waals surface area (Å²) in [6.45, 7) is 13.3. The molecule has 2 fully saturated rings. The highest BCUT2D eigenvalue weighted by Gasteiger charge is 2.49. The van der Waals surface area contributed by atoms with Crippen LogP contribution >= 0.6 is 0 Å². The summed E-state index contributed by atoms with van der Waals surface area (Å²) in [5, 5.41) is 8.58. The maximum Gasteiger partial charge on any atom is 0.321 e. The molecule has 2 heterocycles. The molecular formula is C15H28N4O2. The Morgan fingerprint density at radius 2 is 1.95 bits per heavy atom. The van der Waals surface area contributed by atoms with Crippen LogP contribution < -0.4 is 16.0 Å². The number of nitrogens with one attached hydrogen (secondary N) is 3. The summed E-state index contributed by atoms with van der Waals surface area (Å²) in [6.07, 6.45) is 0. The Morgan fingerprint density at radius 3 is 2.52 bits per heavy atom. The fraction of sp³-hybridized carbons (Fsp3) is 0.867. The molecule has 2 aliphatic heterocycles. The number of fused-ring (bicyclic) bond motifs is 1. The zero-order chi connectivity index (χ0) is 15.8. The van der Waals surface area contributed by atoms with Gasteiger partial charge in [-0.05, 0) is 53.0 Å². The summed E-state index contributed by atoms with van der Waals surface area (Å²) in [5.41, 5.74) is -0.355. The Labute approximate surface area is 127 Å². The standard InChI is InChI=1S/C15H28N4O2/c1-14(2,3)18-13(21)17-12(20)9-19-8-10-6-16-7-11(10)15(19,4)5/h10-11,16H,6-9H2,1-5H3,(H2,17,18,20,21). The molecule has 2 atom stereocenters. The van der Waals surface area contributed by atoms with Crippen molar-refractivity contribution in [3.05, 3.63) is 0 Å². The first-order valence-electron chi connectivity index (χ1n) is 7.67. The molecule has 0 bridgehead atoms. The van der Waals surface area contributed by atoms with E-state index in [0.29, 0.717) is 11.8 Å². The summed E-state index contributed by atoms with van der Waals surface area (Å²) in [4.78, 5) is 26.0. The summed E-state index contributed by atoms with van der Waals surface area (Å²) < 4.78 is 0. The maximum absolute atomic E-state index is 12.1. The second-order valence-electron chi connectivity index (χ2n) is 7.81. The van der Waals surface area contributed by atoms with Gasteiger partial charge in [0.1, 0.15) is 0 Å². The minimum atomic E-state index is -0.425. The molecule has 120 valence electrons. The van der Waals surface area contributed by atoms with Gasteiger partial charge in [-0.2, -0.15) is 0 Å². The highest BCUT2D eigenvalue weighted by Crippen LogP contribution is 2.40. The van der Waals surface area contributed by atoms with Crippen molar-refractivity contribution in [3.8, 4) is 0 Å². The molecule has 6 nitrogen and oxygen atoms in total. The van der Waals surface area contributed by atoms with Crippen molar-refractivity contribution in [2.24, 2.45) is 11.8 Å². The largest absolute Gasteiger partial charge is 0.333 e. The molecule has 2 unspecified atom stereocenters. The van der Waals surface area contributed by atoms with E-state index in [0.717, 1.165) is 19.6 Å². The van der Waals surface area contributed by atoms with Gasteiger partial charge in [-0.1, -0.05) is 0 Å². The summed E-state index contributed by atoms with van der Waals surface area (Å²) in [5.74, 6) is 0.947. The van der Waals surface area contributed by atoms with E-state index < -0.39 is 6.03 Å². The van der Waals surface area contributed by atoms with Gasteiger partial charge >= 0.3 is 6.03 Å². The number of nitrogens with zero attached hydrogens (tertiary/aromatic N) is 1. The van der Waals surface area contributed by atoms with Crippen LogP contribution in [0, 0.1) is 11.8 Å². The van der Waals surface area contributed by atoms with Crippen LogP contribution in [0.4, 0.5) is 4.79 Å². The molecule has 2 saturated heterocycles. The lowest BCUT2D eigenvalue weighted by molar-refractivity contribution is -0.122. The number of amides is 3. The number of carbonyl (C=O) groups is 2. The third kappa shape index (κ3) is 3.74. The average Bonchev–Trinajstić information content (AvgIpc) is 2.80. The normalized spacial score (nSPS) is 28.2. The van der Waals surface area contributed by atoms with E-state index in [9.17, 15) is 9.59 Å². The number of likely N-dealkylation sites (tertiary alicyclic amines) is 1. The van der Waals surface area contributed by atoms with E-state index in [-0.39, 0.29) is 23.5 Å². The molecule has 0 aromatic carbocycles. The van der Waals surface area contributed by atoms with Gasteiger partial charge in [0.25, 0.3) is 0 Å². The molecule has 0 radical (unpaired) electrons. The Balaban J connectivity index is 1.87. The SMILES string of the molecule is CC(C)(C)NC(=O)NC(=O)CN1CC2CNCC2C1(C)C. The Bertz CT molecular complexity index is 428. The Kier molecular flexibility index (Phi) is 4.31. The fourth-order valence-electron chi connectivity index (χ4n) is 3.48. The topological polar surface area (TPSA) is 73.5 Å². The summed E-state index contributed by atoms with van der Waals surface area (Å²) in [7, 11) is 0. The molecule has 0 spiro atoms. The van der Waals surface area contributed by atoms with Gasteiger partial charge in [0.2, 0.25) is 5.91 Å². The van der Waals surface area contributed by atoms with Crippen molar-refractivity contribution in [2.45, 2.75) is 45.7 Å². The van der Waals surface area contributed by atoms with Crippen molar-refractivity contribution >= 4 is 11.9 Å². The molecule has 6 heteroatoms. The van der Waals surface area contributed by atoms with E-state index in [1.54, 1.807) is 0 Å². The van der Waals surface area contributed by atoms with Crippen LogP contribution in [-0.4, -0.2) is 54.1 Å². The first kappa shape index (κ1) is 16.2. The number of urea groups is 1. The van der Waals surface area contributed by atoms with Crippen LogP contribution in [-0.2, 0) is 4.79 Å². The van der Waals surface area contributed by atoms with Gasteiger partial charge in [0.05, 0.1) is 6.54 Å². The van der Waals surface area contributed by atoms with Crippen LogP contribution in [0.15, 0.2) is 0 Å². The number of hydrogen-bond donors (Lipinski definition) is 3. The van der Waals surface area contributed by atoms with Crippen LogP contribution in [0.1, 0.15) is 34.6 Å². The molecule has 0 saturated carbocycles. The van der Waals surface area contributed by atoms with Gasteiger partial charge in [-0.25, -0.2) is 4.79 Å². The molecule has 2 rings (SSSR count). The molecular weight excluding hydrogens is 268 g/mol. The summed E-state index contributed by atoms with van der Waals surface area (Å²) in [6, 6.07) is -0.425. The van der Waals surface area contributed by atoms with Crippen LogP contribution in [0.5, 0.6) is 0 Å². The van der Waals surface area contributed by atoms with E-state index in [1.807, 2.05) is 20.8 Å². The van der Waals surface area contributed by atoms with Crippen LogP contribution in [0.2, 0.25) is 0 Å². The zero-order valence-electron chi connectivity index (χ0n) is 13.7. The van der Waals surface area contributed by atoms with Crippen LogP contribution in [0.25, 0.3) is 0 Å². The molecule has 3 amide bonds. The van der Waals surface area contributed by atoms with E-state index >= 15 is 0 Å². The predicted octanol–water partition coefficient (Wildman–Crippen LogP) is 0.541. The molecule has 0 aromatic heterocycles. The Morgan fingerprint density at radius 1 is 1.29 bits per heavy atom. The average molecular weight is 296 g/mol. The van der Waals surface area contributed by atoms with Gasteiger partial charge < -0.3 is 10.6 Å². The third-order valence-corrected chi connectivity index (χ3v) is 4.59. The Hall–Kier alpha value is -1.14. The first-order chi connectivity index (χ1) is 9.59. The molecule has 2 aliphatic rings. The highest BCUT2D eigenvalue weighted by atomic mass is 16.2. The van der Waals surface area contributed by atoms with Crippen molar-refractivity contribution in [1.82, 2.24) is 20.9 Å². The van der Waals surface area contributed by atoms with E-state index in [4.69, 9.17) is 0 Å². The quantitative estimate of drug-likeness (QED) is 0.695. The minimum Gasteiger partial charge on any atom is -0.333 e. The van der Waals surface area contributed by atoms with Crippen molar-refractivity contribution < 1.29 is 9.59 Å². The van der Waals surface area contributed by atoms with Crippen molar-refractivity contribution in [3.63, 3.8) is 0 Å². The van der Waals surface area contributed by atoms with Gasteiger partial charge in [0.15, 0.2) is 0 Å². The lowest BCUT2D eigenvalue weighted by Gasteiger charge is -2.35. The highest BCUT2D eigenvalue weighted by molar-refractivity contribution is 5.95. The van der Waals surface area contributed by atoms with Crippen molar-refractivity contribution in [2.75, 3.05) is 26.2 Å². The molecule has 3 N–H and O–H groups in total. The van der Waals surface area contributed by atoms with E-state index in [1.165, 1.54) is 0 Å². The van der Waals surface area contributed by atoms with E-state index in [2.05, 4.69) is 34.7 Å². The van der Waals surface area contributed by atoms with Gasteiger partial charge in [-0.3, -0.25) is 15.0 Å². The smallest absolute Gasteiger partial charge is 0.321 e. The number of carbonyl (C=O) groups excluding carboxylic acids is 2. The minimum absolute atomic E-state index is 0.00793. The number of imide groups is 1. The maximum atomic E-state index is 12.1. The molecule has 0 aliphatic carbocycles. The lowest BCUT2D eigenvalue weighted by Crippen LogP contribution is -2.53. The molecule has 21 heavy (non-hydrogen) atoms. The van der Waals surface area contributed by atoms with Gasteiger partial charge in [0, 0.05) is 24.2 Å². The fourth-order valence-corrected chi connectivity index (χ4v) is 3.48. The van der Waals surface area contributed by atoms with Gasteiger partial charge in [-0.15, -0.1) is 0 Å². The number of hydrogen-bond acceptors (Lipinski definition) is 4. The predicted molar refractivity (Wildman–Crippen MR) is 81.9 cm³/mol. The zero-order valence-corrected chi connectivity index (χ0v) is 13.7. The monoisotopic (exact) mass is 296 g/mol. The molecule has 0 aromatic rings. The van der Waals surface area contributed by atoms with Crippen molar-refractivity contribution in [1.29, 1.82) is 0 Å². The number of rotatable bonds is 2. The lowest BCUT2D eigenvalue weighted by atomic mass is 9.85. The second-order valence-corrected chi connectivity index (χ2v) is 7.81. The third-order valence-electron chi connectivity index (χ3n) is 4.59. The second kappa shape index (κ2) is 5.57.